The SMILES string of the molecule is CC(O)(CNC(=O)Cc1cccc(I)c1)C(=O)O. The molecule has 6 heteroatoms. The molecule has 0 aliphatic heterocycles. The van der Waals surface area contributed by atoms with Gasteiger partial charge in [-0.3, -0.25) is 4.79 Å². The first kappa shape index (κ1) is 14.9. The second-order valence-electron chi connectivity index (χ2n) is 4.16. The number of nitrogens with one attached hydrogen (secondary N) is 1. The van der Waals surface area contributed by atoms with Crippen molar-refractivity contribution in [2.24, 2.45) is 0 Å². The maximum atomic E-state index is 11.6. The van der Waals surface area contributed by atoms with Crippen LogP contribution in [0.5, 0.6) is 0 Å². The van der Waals surface area contributed by atoms with E-state index in [1.807, 2.05) is 24.3 Å². The lowest BCUT2D eigenvalue weighted by Crippen LogP contribution is -2.46. The molecule has 1 rings (SSSR count). The molecule has 0 saturated carbocycles. The number of hydrogen-bond acceptors (Lipinski definition) is 3. The number of hydrogen-bond donors (Lipinski definition) is 3. The first-order valence-corrected chi connectivity index (χ1v) is 6.36. The van der Waals surface area contributed by atoms with Crippen molar-refractivity contribution in [3.05, 3.63) is 33.4 Å². The minimum absolute atomic E-state index is 0.159. The average molecular weight is 363 g/mol. The largest absolute Gasteiger partial charge is 0.479 e. The summed E-state index contributed by atoms with van der Waals surface area (Å²) in [5, 5.41) is 20.5. The Labute approximate surface area is 118 Å². The van der Waals surface area contributed by atoms with Crippen LogP contribution in [0, 0.1) is 3.57 Å². The molecule has 3 N–H and O–H groups in total. The van der Waals surface area contributed by atoms with Crippen molar-refractivity contribution in [3.63, 3.8) is 0 Å². The van der Waals surface area contributed by atoms with Gasteiger partial charge in [0.15, 0.2) is 5.60 Å². The Balaban J connectivity index is 2.50. The number of aliphatic hydroxyl groups is 1. The van der Waals surface area contributed by atoms with Gasteiger partial charge in [0.25, 0.3) is 0 Å². The van der Waals surface area contributed by atoms with Crippen molar-refractivity contribution in [3.8, 4) is 0 Å². The van der Waals surface area contributed by atoms with Gasteiger partial charge in [0.2, 0.25) is 5.91 Å². The fourth-order valence-corrected chi connectivity index (χ4v) is 1.85. The topological polar surface area (TPSA) is 86.6 Å². The third kappa shape index (κ3) is 4.61. The Morgan fingerprint density at radius 2 is 2.11 bits per heavy atom. The van der Waals surface area contributed by atoms with Crippen LogP contribution in [0.4, 0.5) is 0 Å². The molecule has 5 nitrogen and oxygen atoms in total. The number of amides is 1. The molecule has 1 amide bonds. The van der Waals surface area contributed by atoms with E-state index >= 15 is 0 Å². The van der Waals surface area contributed by atoms with Gasteiger partial charge in [0.1, 0.15) is 0 Å². The van der Waals surface area contributed by atoms with E-state index in [0.717, 1.165) is 16.1 Å². The molecule has 0 radical (unpaired) electrons. The molecule has 1 atom stereocenters. The highest BCUT2D eigenvalue weighted by molar-refractivity contribution is 14.1. The fraction of sp³-hybridized carbons (Fsp3) is 0.333. The van der Waals surface area contributed by atoms with E-state index in [9.17, 15) is 14.7 Å². The molecule has 0 heterocycles. The number of aliphatic carboxylic acids is 1. The van der Waals surface area contributed by atoms with Crippen molar-refractivity contribution in [1.82, 2.24) is 5.32 Å². The summed E-state index contributed by atoms with van der Waals surface area (Å²) in [4.78, 5) is 22.2. The van der Waals surface area contributed by atoms with E-state index in [1.54, 1.807) is 0 Å². The van der Waals surface area contributed by atoms with Crippen molar-refractivity contribution >= 4 is 34.5 Å². The number of carbonyl (C=O) groups is 2. The van der Waals surface area contributed by atoms with E-state index in [1.165, 1.54) is 0 Å². The average Bonchev–Trinajstić information content (AvgIpc) is 2.26. The zero-order valence-corrected chi connectivity index (χ0v) is 12.0. The van der Waals surface area contributed by atoms with Gasteiger partial charge in [-0.05, 0) is 47.2 Å². The number of carboxylic acids is 1. The zero-order chi connectivity index (χ0) is 13.8. The Morgan fingerprint density at radius 3 is 2.67 bits per heavy atom. The van der Waals surface area contributed by atoms with Crippen LogP contribution in [0.25, 0.3) is 0 Å². The summed E-state index contributed by atoms with van der Waals surface area (Å²) < 4.78 is 1.02. The molecule has 1 aromatic carbocycles. The van der Waals surface area contributed by atoms with E-state index in [-0.39, 0.29) is 18.9 Å². The summed E-state index contributed by atoms with van der Waals surface area (Å²) in [6, 6.07) is 7.45. The van der Waals surface area contributed by atoms with Gasteiger partial charge < -0.3 is 15.5 Å². The molecule has 0 saturated heterocycles. The molecule has 0 aliphatic carbocycles. The van der Waals surface area contributed by atoms with Crippen molar-refractivity contribution in [1.29, 1.82) is 0 Å². The first-order valence-electron chi connectivity index (χ1n) is 5.28. The van der Waals surface area contributed by atoms with Crippen molar-refractivity contribution < 1.29 is 19.8 Å². The summed E-state index contributed by atoms with van der Waals surface area (Å²) in [7, 11) is 0. The van der Waals surface area contributed by atoms with Crippen LogP contribution in [-0.4, -0.2) is 34.2 Å². The Morgan fingerprint density at radius 1 is 1.44 bits per heavy atom. The standard InChI is InChI=1S/C12H14INO4/c1-12(18,11(16)17)7-14-10(15)6-8-3-2-4-9(13)5-8/h2-5,18H,6-7H2,1H3,(H,14,15)(H,16,17). The highest BCUT2D eigenvalue weighted by Crippen LogP contribution is 2.08. The first-order chi connectivity index (χ1) is 8.31. The number of halogens is 1. The van der Waals surface area contributed by atoms with E-state index in [2.05, 4.69) is 27.9 Å². The molecule has 98 valence electrons. The molecule has 18 heavy (non-hydrogen) atoms. The Hall–Kier alpha value is -1.15. The predicted molar refractivity (Wildman–Crippen MR) is 74.1 cm³/mol. The lowest BCUT2D eigenvalue weighted by atomic mass is 10.1. The van der Waals surface area contributed by atoms with E-state index < -0.39 is 11.6 Å². The number of carboxylic acid groups (broad SMARTS) is 1. The van der Waals surface area contributed by atoms with Gasteiger partial charge in [-0.1, -0.05) is 12.1 Å². The van der Waals surface area contributed by atoms with E-state index in [4.69, 9.17) is 5.11 Å². The molecular formula is C12H14INO4. The highest BCUT2D eigenvalue weighted by atomic mass is 127. The third-order valence-electron chi connectivity index (χ3n) is 2.34. The van der Waals surface area contributed by atoms with E-state index in [0.29, 0.717) is 0 Å². The van der Waals surface area contributed by atoms with Gasteiger partial charge >= 0.3 is 5.97 Å². The van der Waals surface area contributed by atoms with Gasteiger partial charge in [0, 0.05) is 3.57 Å². The minimum Gasteiger partial charge on any atom is -0.479 e. The number of carbonyl (C=O) groups excluding carboxylic acids is 1. The van der Waals surface area contributed by atoms with Gasteiger partial charge in [-0.15, -0.1) is 0 Å². The second kappa shape index (κ2) is 6.14. The van der Waals surface area contributed by atoms with Gasteiger partial charge in [-0.25, -0.2) is 4.79 Å². The minimum atomic E-state index is -1.94. The maximum absolute atomic E-state index is 11.6. The third-order valence-corrected chi connectivity index (χ3v) is 3.02. The Kier molecular flexibility index (Phi) is 5.09. The zero-order valence-electron chi connectivity index (χ0n) is 9.81. The van der Waals surface area contributed by atoms with Crippen molar-refractivity contribution in [2.75, 3.05) is 6.54 Å². The maximum Gasteiger partial charge on any atom is 0.337 e. The van der Waals surface area contributed by atoms with Crippen LogP contribution in [0.3, 0.4) is 0 Å². The van der Waals surface area contributed by atoms with Crippen LogP contribution in [0.1, 0.15) is 12.5 Å². The normalized spacial score (nSPS) is 13.7. The second-order valence-corrected chi connectivity index (χ2v) is 5.41. The van der Waals surface area contributed by atoms with Gasteiger partial charge in [-0.2, -0.15) is 0 Å². The molecule has 0 aliphatic rings. The number of benzene rings is 1. The van der Waals surface area contributed by atoms with Crippen LogP contribution in [0.15, 0.2) is 24.3 Å². The molecule has 0 bridgehead atoms. The molecule has 0 spiro atoms. The molecule has 1 unspecified atom stereocenters. The van der Waals surface area contributed by atoms with Crippen LogP contribution in [-0.2, 0) is 16.0 Å². The summed E-state index contributed by atoms with van der Waals surface area (Å²) in [5.41, 5.74) is -1.10. The summed E-state index contributed by atoms with van der Waals surface area (Å²) >= 11 is 2.15. The smallest absolute Gasteiger partial charge is 0.337 e. The molecular weight excluding hydrogens is 349 g/mol. The van der Waals surface area contributed by atoms with Crippen LogP contribution < -0.4 is 5.32 Å². The summed E-state index contributed by atoms with van der Waals surface area (Å²) in [5.74, 6) is -1.68. The highest BCUT2D eigenvalue weighted by Gasteiger charge is 2.30. The monoisotopic (exact) mass is 363 g/mol. The van der Waals surface area contributed by atoms with Crippen LogP contribution in [0.2, 0.25) is 0 Å². The molecule has 0 fully saturated rings. The molecule has 1 aromatic rings. The lowest BCUT2D eigenvalue weighted by molar-refractivity contribution is -0.156. The molecule has 0 aromatic heterocycles. The summed E-state index contributed by atoms with van der Waals surface area (Å²) in [6.45, 7) is 0.826. The quantitative estimate of drug-likeness (QED) is 0.675. The predicted octanol–water partition coefficient (Wildman–Crippen LogP) is 0.785. The number of rotatable bonds is 5. The van der Waals surface area contributed by atoms with Gasteiger partial charge in [0.05, 0.1) is 13.0 Å². The lowest BCUT2D eigenvalue weighted by Gasteiger charge is -2.18. The summed E-state index contributed by atoms with van der Waals surface area (Å²) in [6.07, 6.45) is 0.159. The van der Waals surface area contributed by atoms with Crippen molar-refractivity contribution in [2.45, 2.75) is 18.9 Å². The van der Waals surface area contributed by atoms with Crippen LogP contribution >= 0.6 is 22.6 Å². The fourth-order valence-electron chi connectivity index (χ4n) is 1.24. The Bertz CT molecular complexity index is 459.